The van der Waals surface area contributed by atoms with Crippen LogP contribution in [0, 0.1) is 11.8 Å². The van der Waals surface area contributed by atoms with Crippen molar-refractivity contribution in [2.45, 2.75) is 38.8 Å². The fourth-order valence-corrected chi connectivity index (χ4v) is 2.67. The molecule has 0 bridgehead atoms. The molecular weight excluding hydrogens is 301 g/mol. The summed E-state index contributed by atoms with van der Waals surface area (Å²) < 4.78 is 1.72. The Morgan fingerprint density at radius 3 is 2.85 bits per heavy atom. The van der Waals surface area contributed by atoms with E-state index in [0.717, 1.165) is 19.3 Å². The van der Waals surface area contributed by atoms with Crippen LogP contribution >= 0.6 is 24.8 Å². The highest BCUT2D eigenvalue weighted by Gasteiger charge is 2.32. The maximum Gasteiger partial charge on any atom is 0.223 e. The van der Waals surface area contributed by atoms with Crippen molar-refractivity contribution >= 4 is 30.7 Å². The molecule has 3 N–H and O–H groups in total. The molecular formula is C12H23Cl2N5O. The van der Waals surface area contributed by atoms with E-state index < -0.39 is 0 Å². The zero-order valence-corrected chi connectivity index (χ0v) is 13.2. The molecule has 0 saturated heterocycles. The van der Waals surface area contributed by atoms with E-state index in [0.29, 0.717) is 19.0 Å². The van der Waals surface area contributed by atoms with Gasteiger partial charge in [0, 0.05) is 12.0 Å². The Bertz CT molecular complexity index is 387. The minimum absolute atomic E-state index is 0. The summed E-state index contributed by atoms with van der Waals surface area (Å²) in [4.78, 5) is 16.0. The third-order valence-electron chi connectivity index (χ3n) is 3.61. The van der Waals surface area contributed by atoms with Crippen molar-refractivity contribution in [3.8, 4) is 0 Å². The Morgan fingerprint density at radius 2 is 2.25 bits per heavy atom. The second-order valence-electron chi connectivity index (χ2n) is 5.06. The van der Waals surface area contributed by atoms with Gasteiger partial charge in [-0.15, -0.1) is 24.8 Å². The number of amides is 1. The molecule has 20 heavy (non-hydrogen) atoms. The highest BCUT2D eigenvalue weighted by molar-refractivity contribution is 5.85. The average molecular weight is 324 g/mol. The molecule has 1 fully saturated rings. The molecule has 1 aromatic rings. The molecule has 1 aliphatic rings. The molecule has 1 aromatic heterocycles. The highest BCUT2D eigenvalue weighted by Crippen LogP contribution is 2.30. The first-order chi connectivity index (χ1) is 8.70. The smallest absolute Gasteiger partial charge is 0.223 e. The monoisotopic (exact) mass is 323 g/mol. The van der Waals surface area contributed by atoms with Crippen LogP contribution in [0.1, 0.15) is 26.2 Å². The van der Waals surface area contributed by atoms with E-state index in [-0.39, 0.29) is 42.7 Å². The lowest BCUT2D eigenvalue weighted by Gasteiger charge is -2.20. The van der Waals surface area contributed by atoms with Crippen LogP contribution in [-0.4, -0.2) is 33.3 Å². The molecule has 8 heteroatoms. The van der Waals surface area contributed by atoms with Gasteiger partial charge < -0.3 is 11.1 Å². The van der Waals surface area contributed by atoms with Crippen LogP contribution in [0.2, 0.25) is 0 Å². The van der Waals surface area contributed by atoms with Crippen LogP contribution in [0.15, 0.2) is 12.7 Å². The molecule has 1 heterocycles. The van der Waals surface area contributed by atoms with Gasteiger partial charge in [0.25, 0.3) is 0 Å². The lowest BCUT2D eigenvalue weighted by atomic mass is 9.95. The number of aromatic nitrogens is 3. The number of nitrogens with two attached hydrogens (primary N) is 1. The summed E-state index contributed by atoms with van der Waals surface area (Å²) >= 11 is 0. The van der Waals surface area contributed by atoms with Crippen LogP contribution in [0.25, 0.3) is 0 Å². The number of hydrogen-bond acceptors (Lipinski definition) is 4. The van der Waals surface area contributed by atoms with E-state index in [2.05, 4.69) is 15.4 Å². The summed E-state index contributed by atoms with van der Waals surface area (Å²) in [5.74, 6) is 0.576. The first kappa shape index (κ1) is 19.1. The van der Waals surface area contributed by atoms with Crippen molar-refractivity contribution in [2.24, 2.45) is 17.6 Å². The molecule has 1 saturated carbocycles. The fourth-order valence-electron chi connectivity index (χ4n) is 2.67. The van der Waals surface area contributed by atoms with Crippen molar-refractivity contribution in [3.63, 3.8) is 0 Å². The van der Waals surface area contributed by atoms with Gasteiger partial charge in [-0.3, -0.25) is 9.48 Å². The summed E-state index contributed by atoms with van der Waals surface area (Å²) in [6.07, 6.45) is 6.30. The first-order valence-electron chi connectivity index (χ1n) is 6.53. The Balaban J connectivity index is 0.00000180. The number of carbonyl (C=O) groups is 1. The van der Waals surface area contributed by atoms with Crippen LogP contribution in [-0.2, 0) is 11.3 Å². The molecule has 0 radical (unpaired) electrons. The van der Waals surface area contributed by atoms with Crippen LogP contribution in [0.5, 0.6) is 0 Å². The topological polar surface area (TPSA) is 85.8 Å². The molecule has 0 aromatic carbocycles. The molecule has 116 valence electrons. The predicted octanol–water partition coefficient (Wildman–Crippen LogP) is 1.00. The molecule has 2 rings (SSSR count). The van der Waals surface area contributed by atoms with Gasteiger partial charge in [-0.1, -0.05) is 6.42 Å². The summed E-state index contributed by atoms with van der Waals surface area (Å²) in [5, 5.41) is 7.07. The van der Waals surface area contributed by atoms with E-state index >= 15 is 0 Å². The van der Waals surface area contributed by atoms with Crippen molar-refractivity contribution in [1.82, 2.24) is 20.1 Å². The molecule has 0 aliphatic heterocycles. The van der Waals surface area contributed by atoms with Gasteiger partial charge in [0.1, 0.15) is 12.7 Å². The predicted molar refractivity (Wildman–Crippen MR) is 82.0 cm³/mol. The number of rotatable bonds is 5. The minimum atomic E-state index is 0. The number of carbonyl (C=O) groups excluding carboxylic acids is 1. The molecule has 3 atom stereocenters. The summed E-state index contributed by atoms with van der Waals surface area (Å²) in [6.45, 7) is 3.23. The fraction of sp³-hybridized carbons (Fsp3) is 0.750. The molecule has 6 nitrogen and oxygen atoms in total. The number of halogens is 2. The maximum absolute atomic E-state index is 12.1. The van der Waals surface area contributed by atoms with Crippen molar-refractivity contribution in [3.05, 3.63) is 12.7 Å². The van der Waals surface area contributed by atoms with Gasteiger partial charge in [-0.2, -0.15) is 5.10 Å². The van der Waals surface area contributed by atoms with E-state index in [9.17, 15) is 4.79 Å². The van der Waals surface area contributed by atoms with Crippen LogP contribution < -0.4 is 11.1 Å². The zero-order chi connectivity index (χ0) is 13.0. The second kappa shape index (κ2) is 9.15. The summed E-state index contributed by atoms with van der Waals surface area (Å²) in [6, 6.07) is 0.0539. The maximum atomic E-state index is 12.1. The van der Waals surface area contributed by atoms with E-state index in [4.69, 9.17) is 5.73 Å². The molecule has 1 unspecified atom stereocenters. The van der Waals surface area contributed by atoms with Crippen molar-refractivity contribution in [1.29, 1.82) is 0 Å². The van der Waals surface area contributed by atoms with Crippen molar-refractivity contribution < 1.29 is 4.79 Å². The third-order valence-corrected chi connectivity index (χ3v) is 3.61. The normalized spacial score (nSPS) is 22.5. The largest absolute Gasteiger partial charge is 0.352 e. The minimum Gasteiger partial charge on any atom is -0.352 e. The summed E-state index contributed by atoms with van der Waals surface area (Å²) in [5.41, 5.74) is 5.70. The quantitative estimate of drug-likeness (QED) is 0.846. The van der Waals surface area contributed by atoms with Crippen LogP contribution in [0.3, 0.4) is 0 Å². The van der Waals surface area contributed by atoms with Gasteiger partial charge in [-0.25, -0.2) is 4.98 Å². The van der Waals surface area contributed by atoms with Gasteiger partial charge in [0.2, 0.25) is 5.91 Å². The van der Waals surface area contributed by atoms with Crippen LogP contribution in [0.4, 0.5) is 0 Å². The molecule has 0 spiro atoms. The van der Waals surface area contributed by atoms with Gasteiger partial charge >= 0.3 is 0 Å². The molecule has 1 aliphatic carbocycles. The number of hydrogen-bond donors (Lipinski definition) is 2. The van der Waals surface area contributed by atoms with E-state index in [1.807, 2.05) is 6.92 Å². The van der Waals surface area contributed by atoms with E-state index in [1.54, 1.807) is 11.0 Å². The lowest BCUT2D eigenvalue weighted by molar-refractivity contribution is -0.126. The highest BCUT2D eigenvalue weighted by atomic mass is 35.5. The van der Waals surface area contributed by atoms with Gasteiger partial charge in [0.15, 0.2) is 0 Å². The van der Waals surface area contributed by atoms with Gasteiger partial charge in [-0.05, 0) is 32.2 Å². The average Bonchev–Trinajstić information content (AvgIpc) is 2.97. The Labute approximate surface area is 131 Å². The lowest BCUT2D eigenvalue weighted by Crippen LogP contribution is -2.41. The number of nitrogens with zero attached hydrogens (tertiary/aromatic N) is 3. The Hall–Kier alpha value is -0.850. The van der Waals surface area contributed by atoms with Gasteiger partial charge in [0.05, 0.1) is 6.54 Å². The van der Waals surface area contributed by atoms with E-state index in [1.165, 1.54) is 6.33 Å². The SMILES string of the molecule is CC(Cn1cncn1)NC(=O)[C@@H]1CCC[C@@H]1CN.Cl.Cl. The molecule has 1 amide bonds. The standard InChI is InChI=1S/C12H21N5O.2ClH/c1-9(6-17-8-14-7-15-17)16-12(18)11-4-2-3-10(11)5-13;;/h7-11H,2-6,13H2,1H3,(H,16,18);2*1H/t9?,10-,11-;;/m1../s1. The summed E-state index contributed by atoms with van der Waals surface area (Å²) in [7, 11) is 0. The second-order valence-corrected chi connectivity index (χ2v) is 5.06. The third kappa shape index (κ3) is 4.92. The Kier molecular flexibility index (Phi) is 8.76. The van der Waals surface area contributed by atoms with Crippen molar-refractivity contribution in [2.75, 3.05) is 6.54 Å². The first-order valence-corrected chi connectivity index (χ1v) is 6.53. The Morgan fingerprint density at radius 1 is 1.50 bits per heavy atom. The number of nitrogens with one attached hydrogen (secondary N) is 1. The zero-order valence-electron chi connectivity index (χ0n) is 11.6.